The summed E-state index contributed by atoms with van der Waals surface area (Å²) in [6, 6.07) is 1.75. The second-order valence-corrected chi connectivity index (χ2v) is 6.12. The highest BCUT2D eigenvalue weighted by Gasteiger charge is 2.24. The van der Waals surface area contributed by atoms with Crippen LogP contribution in [0.5, 0.6) is 0 Å². The van der Waals surface area contributed by atoms with Gasteiger partial charge in [0.15, 0.2) is 0 Å². The van der Waals surface area contributed by atoms with Gasteiger partial charge in [0.2, 0.25) is 4.96 Å². The average molecular weight is 294 g/mol. The van der Waals surface area contributed by atoms with Crippen LogP contribution in [0.25, 0.3) is 4.96 Å². The summed E-state index contributed by atoms with van der Waals surface area (Å²) in [6.07, 6.45) is 2.91. The van der Waals surface area contributed by atoms with E-state index in [1.54, 1.807) is 6.07 Å². The van der Waals surface area contributed by atoms with E-state index in [9.17, 15) is 9.90 Å². The van der Waals surface area contributed by atoms with Crippen molar-refractivity contribution in [1.82, 2.24) is 19.5 Å². The lowest BCUT2D eigenvalue weighted by atomic mass is 10.2. The quantitative estimate of drug-likeness (QED) is 0.897. The van der Waals surface area contributed by atoms with Gasteiger partial charge in [-0.2, -0.15) is 9.61 Å². The molecule has 7 heteroatoms. The minimum absolute atomic E-state index is 0.124. The first-order valence-corrected chi connectivity index (χ1v) is 7.76. The van der Waals surface area contributed by atoms with Crippen molar-refractivity contribution in [3.8, 4) is 0 Å². The molecule has 0 spiro atoms. The Balaban J connectivity index is 1.90. The Morgan fingerprint density at radius 3 is 3.15 bits per heavy atom. The summed E-state index contributed by atoms with van der Waals surface area (Å²) in [5.74, 6) is 0. The van der Waals surface area contributed by atoms with Crippen molar-refractivity contribution in [2.75, 3.05) is 13.2 Å². The zero-order chi connectivity index (χ0) is 14.1. The summed E-state index contributed by atoms with van der Waals surface area (Å²) in [4.78, 5) is 19.4. The fraction of sp³-hybridized carbons (Fsp3) is 0.615. The molecule has 2 aromatic heterocycles. The van der Waals surface area contributed by atoms with Gasteiger partial charge in [-0.15, -0.1) is 0 Å². The molecule has 0 saturated carbocycles. The number of aliphatic hydroxyl groups is 1. The molecule has 20 heavy (non-hydrogen) atoms. The third kappa shape index (κ3) is 2.48. The summed E-state index contributed by atoms with van der Waals surface area (Å²) in [7, 11) is 0. The van der Waals surface area contributed by atoms with Crippen LogP contribution in [0.4, 0.5) is 0 Å². The van der Waals surface area contributed by atoms with Gasteiger partial charge in [0.25, 0.3) is 5.56 Å². The molecule has 0 amide bonds. The van der Waals surface area contributed by atoms with Crippen molar-refractivity contribution >= 4 is 16.3 Å². The second kappa shape index (κ2) is 5.59. The number of likely N-dealkylation sites (tertiary alicyclic amines) is 1. The fourth-order valence-electron chi connectivity index (χ4n) is 2.64. The number of rotatable bonds is 4. The van der Waals surface area contributed by atoms with Crippen LogP contribution in [0.2, 0.25) is 0 Å². The Hall–Kier alpha value is -1.31. The Kier molecular flexibility index (Phi) is 3.82. The Morgan fingerprint density at radius 1 is 1.55 bits per heavy atom. The third-order valence-corrected chi connectivity index (χ3v) is 4.77. The Morgan fingerprint density at radius 2 is 2.40 bits per heavy atom. The number of hydrogen-bond acceptors (Lipinski definition) is 6. The van der Waals surface area contributed by atoms with Crippen LogP contribution in [-0.2, 0) is 13.0 Å². The lowest BCUT2D eigenvalue weighted by molar-refractivity contribution is 0.152. The van der Waals surface area contributed by atoms with Crippen LogP contribution in [0.15, 0.2) is 10.9 Å². The number of hydrogen-bond donors (Lipinski definition) is 1. The molecule has 6 nitrogen and oxygen atoms in total. The van der Waals surface area contributed by atoms with E-state index in [1.165, 1.54) is 15.9 Å². The van der Waals surface area contributed by atoms with E-state index < -0.39 is 0 Å². The third-order valence-electron chi connectivity index (χ3n) is 3.72. The number of aromatic nitrogens is 3. The van der Waals surface area contributed by atoms with Gasteiger partial charge in [0.1, 0.15) is 5.01 Å². The molecule has 108 valence electrons. The van der Waals surface area contributed by atoms with E-state index >= 15 is 0 Å². The van der Waals surface area contributed by atoms with Crippen LogP contribution in [0, 0.1) is 0 Å². The maximum absolute atomic E-state index is 12.1. The predicted molar refractivity (Wildman–Crippen MR) is 77.0 cm³/mol. The molecule has 0 aromatic carbocycles. The molecular formula is C13H18N4O2S. The van der Waals surface area contributed by atoms with Crippen LogP contribution < -0.4 is 5.56 Å². The van der Waals surface area contributed by atoms with Gasteiger partial charge in [-0.3, -0.25) is 9.69 Å². The van der Waals surface area contributed by atoms with Crippen LogP contribution in [0.1, 0.15) is 30.5 Å². The van der Waals surface area contributed by atoms with Gasteiger partial charge in [-0.05, 0) is 25.8 Å². The second-order valence-electron chi connectivity index (χ2n) is 5.08. The van der Waals surface area contributed by atoms with Gasteiger partial charge >= 0.3 is 0 Å². The molecule has 3 heterocycles. The smallest absolute Gasteiger partial charge is 0.275 e. The van der Waals surface area contributed by atoms with Crippen molar-refractivity contribution in [1.29, 1.82) is 0 Å². The molecule has 0 bridgehead atoms. The Bertz CT molecular complexity index is 666. The SMILES string of the molecule is CCc1nn2c(=O)cc(CN3CCC[C@H]3CO)nc2s1. The number of aliphatic hydroxyl groups excluding tert-OH is 1. The molecular weight excluding hydrogens is 276 g/mol. The van der Waals surface area contributed by atoms with Gasteiger partial charge < -0.3 is 5.11 Å². The summed E-state index contributed by atoms with van der Waals surface area (Å²) in [6.45, 7) is 3.76. The monoisotopic (exact) mass is 294 g/mol. The van der Waals surface area contributed by atoms with Gasteiger partial charge in [0, 0.05) is 18.7 Å². The zero-order valence-electron chi connectivity index (χ0n) is 11.4. The number of fused-ring (bicyclic) bond motifs is 1. The first-order chi connectivity index (χ1) is 9.71. The molecule has 1 saturated heterocycles. The van der Waals surface area contributed by atoms with E-state index in [4.69, 9.17) is 0 Å². The van der Waals surface area contributed by atoms with E-state index in [2.05, 4.69) is 15.0 Å². The topological polar surface area (TPSA) is 70.7 Å². The number of nitrogens with zero attached hydrogens (tertiary/aromatic N) is 4. The van der Waals surface area contributed by atoms with Gasteiger partial charge in [0.05, 0.1) is 12.3 Å². The fourth-order valence-corrected chi connectivity index (χ4v) is 3.50. The lowest BCUT2D eigenvalue weighted by Crippen LogP contribution is -2.32. The molecule has 0 radical (unpaired) electrons. The van der Waals surface area contributed by atoms with Crippen molar-refractivity contribution < 1.29 is 5.11 Å². The molecule has 3 rings (SSSR count). The molecule has 2 aromatic rings. The van der Waals surface area contributed by atoms with Crippen molar-refractivity contribution in [2.45, 2.75) is 38.8 Å². The first kappa shape index (κ1) is 13.7. The maximum Gasteiger partial charge on any atom is 0.275 e. The van der Waals surface area contributed by atoms with Crippen LogP contribution in [0.3, 0.4) is 0 Å². The lowest BCUT2D eigenvalue weighted by Gasteiger charge is -2.21. The van der Waals surface area contributed by atoms with E-state index in [0.717, 1.165) is 36.5 Å². The van der Waals surface area contributed by atoms with Crippen molar-refractivity contribution in [3.05, 3.63) is 27.1 Å². The predicted octanol–water partition coefficient (Wildman–Crippen LogP) is 0.670. The van der Waals surface area contributed by atoms with Gasteiger partial charge in [-0.25, -0.2) is 4.98 Å². The first-order valence-electron chi connectivity index (χ1n) is 6.95. The summed E-state index contributed by atoms with van der Waals surface area (Å²) in [5.41, 5.74) is 0.641. The van der Waals surface area contributed by atoms with E-state index in [0.29, 0.717) is 11.5 Å². The van der Waals surface area contributed by atoms with Crippen molar-refractivity contribution in [2.24, 2.45) is 0 Å². The highest BCUT2D eigenvalue weighted by molar-refractivity contribution is 7.16. The standard InChI is InChI=1S/C13H18N4O2S/c1-2-11-15-17-12(19)6-9(14-13(17)20-11)7-16-5-3-4-10(16)8-18/h6,10,18H,2-5,7-8H2,1H3/t10-/m0/s1. The average Bonchev–Trinajstić information content (AvgIpc) is 3.04. The molecule has 1 aliphatic heterocycles. The van der Waals surface area contributed by atoms with Crippen LogP contribution >= 0.6 is 11.3 Å². The van der Waals surface area contributed by atoms with E-state index in [-0.39, 0.29) is 18.2 Å². The number of aryl methyl sites for hydroxylation is 1. The molecule has 1 fully saturated rings. The summed E-state index contributed by atoms with van der Waals surface area (Å²) in [5, 5.41) is 14.5. The van der Waals surface area contributed by atoms with Gasteiger partial charge in [-0.1, -0.05) is 18.3 Å². The molecule has 1 aliphatic rings. The normalized spacial score (nSPS) is 20.0. The highest BCUT2D eigenvalue weighted by atomic mass is 32.1. The van der Waals surface area contributed by atoms with E-state index in [1.807, 2.05) is 6.92 Å². The molecule has 1 atom stereocenters. The van der Waals surface area contributed by atoms with Crippen molar-refractivity contribution in [3.63, 3.8) is 0 Å². The largest absolute Gasteiger partial charge is 0.395 e. The molecule has 0 unspecified atom stereocenters. The zero-order valence-corrected chi connectivity index (χ0v) is 12.3. The summed E-state index contributed by atoms with van der Waals surface area (Å²) >= 11 is 1.46. The highest BCUT2D eigenvalue weighted by Crippen LogP contribution is 2.19. The Labute approximate surface area is 120 Å². The molecule has 0 aliphatic carbocycles. The maximum atomic E-state index is 12.1. The van der Waals surface area contributed by atoms with Crippen LogP contribution in [-0.4, -0.2) is 43.8 Å². The minimum Gasteiger partial charge on any atom is -0.395 e. The molecule has 1 N–H and O–H groups in total. The summed E-state index contributed by atoms with van der Waals surface area (Å²) < 4.78 is 1.38. The minimum atomic E-state index is -0.124.